The van der Waals surface area contributed by atoms with Crippen molar-refractivity contribution < 1.29 is 23.1 Å². The Morgan fingerprint density at radius 3 is 2.55 bits per heavy atom. The topological polar surface area (TPSA) is 55.1 Å². The molecule has 1 fully saturated rings. The molecule has 1 N–H and O–H groups in total. The average Bonchev–Trinajstić information content (AvgIpc) is 3.00. The van der Waals surface area contributed by atoms with E-state index in [0.717, 1.165) is 11.8 Å². The molecule has 8 heteroatoms. The summed E-state index contributed by atoms with van der Waals surface area (Å²) < 4.78 is 41.1. The molecule has 0 aromatic carbocycles. The number of thioether (sulfide) groups is 1. The molecule has 0 bridgehead atoms. The number of aliphatic carboxylic acids is 1. The molecule has 20 heavy (non-hydrogen) atoms. The summed E-state index contributed by atoms with van der Waals surface area (Å²) in [5, 5.41) is 8.81. The molecule has 0 spiro atoms. The van der Waals surface area contributed by atoms with Crippen LogP contribution in [0.5, 0.6) is 0 Å². The summed E-state index contributed by atoms with van der Waals surface area (Å²) in [4.78, 5) is 14.6. The van der Waals surface area contributed by atoms with E-state index in [2.05, 4.69) is 4.98 Å². The summed E-state index contributed by atoms with van der Waals surface area (Å²) in [7, 11) is 0. The van der Waals surface area contributed by atoms with E-state index in [-0.39, 0.29) is 29.7 Å². The molecule has 1 saturated carbocycles. The maximum Gasteiger partial charge on any atom is 0.412 e. The number of carboxylic acids is 1. The van der Waals surface area contributed by atoms with Crippen molar-refractivity contribution in [1.29, 1.82) is 0 Å². The highest BCUT2D eigenvalue weighted by molar-refractivity contribution is 7.99. The van der Waals surface area contributed by atoms with Crippen molar-refractivity contribution in [3.8, 4) is 0 Å². The number of hydrogen-bond donors (Lipinski definition) is 1. The fourth-order valence-corrected chi connectivity index (χ4v) is 2.95. The van der Waals surface area contributed by atoms with Gasteiger partial charge in [-0.05, 0) is 18.8 Å². The summed E-state index contributed by atoms with van der Waals surface area (Å²) in [6.45, 7) is 3.59. The van der Waals surface area contributed by atoms with E-state index in [1.807, 2.05) is 0 Å². The van der Waals surface area contributed by atoms with Crippen LogP contribution >= 0.6 is 11.8 Å². The Balaban J connectivity index is 2.43. The van der Waals surface area contributed by atoms with Gasteiger partial charge in [0, 0.05) is 11.9 Å². The average molecular weight is 308 g/mol. The van der Waals surface area contributed by atoms with Gasteiger partial charge in [-0.1, -0.05) is 25.6 Å². The zero-order valence-electron chi connectivity index (χ0n) is 11.1. The van der Waals surface area contributed by atoms with Gasteiger partial charge in [0.05, 0.1) is 5.75 Å². The summed E-state index contributed by atoms with van der Waals surface area (Å²) in [5.74, 6) is -1.49. The predicted octanol–water partition coefficient (Wildman–Crippen LogP) is 3.23. The Morgan fingerprint density at radius 2 is 2.15 bits per heavy atom. The lowest BCUT2D eigenvalue weighted by Crippen LogP contribution is -2.36. The van der Waals surface area contributed by atoms with Crippen molar-refractivity contribution in [2.75, 3.05) is 5.75 Å². The minimum absolute atomic E-state index is 0.0210. The molecule has 1 aromatic rings. The predicted molar refractivity (Wildman–Crippen MR) is 67.9 cm³/mol. The summed E-state index contributed by atoms with van der Waals surface area (Å²) in [6, 6.07) is 0. The maximum absolute atomic E-state index is 13.3. The van der Waals surface area contributed by atoms with Crippen LogP contribution in [-0.4, -0.2) is 32.6 Å². The molecule has 112 valence electrons. The van der Waals surface area contributed by atoms with Gasteiger partial charge >= 0.3 is 12.1 Å². The van der Waals surface area contributed by atoms with E-state index in [4.69, 9.17) is 5.11 Å². The van der Waals surface area contributed by atoms with Crippen molar-refractivity contribution in [2.24, 2.45) is 0 Å². The number of alkyl halides is 3. The number of nitrogens with zero attached hydrogens (tertiary/aromatic N) is 2. The first-order chi connectivity index (χ1) is 9.19. The third-order valence-electron chi connectivity index (χ3n) is 3.35. The third kappa shape index (κ3) is 2.53. The smallest absolute Gasteiger partial charge is 0.412 e. The fourth-order valence-electron chi connectivity index (χ4n) is 2.17. The van der Waals surface area contributed by atoms with E-state index < -0.39 is 17.7 Å². The normalized spacial score (nSPS) is 17.5. The zero-order chi connectivity index (χ0) is 15.1. The number of rotatable bonds is 5. The second-order valence-electron chi connectivity index (χ2n) is 5.17. The van der Waals surface area contributed by atoms with E-state index in [1.165, 1.54) is 10.8 Å². The van der Waals surface area contributed by atoms with Crippen molar-refractivity contribution in [3.05, 3.63) is 11.9 Å². The van der Waals surface area contributed by atoms with Gasteiger partial charge in [-0.3, -0.25) is 4.79 Å². The van der Waals surface area contributed by atoms with E-state index in [9.17, 15) is 18.0 Å². The van der Waals surface area contributed by atoms with Crippen LogP contribution in [0.4, 0.5) is 13.2 Å². The van der Waals surface area contributed by atoms with Crippen LogP contribution in [0.2, 0.25) is 0 Å². The van der Waals surface area contributed by atoms with Crippen molar-refractivity contribution in [1.82, 2.24) is 9.55 Å². The van der Waals surface area contributed by atoms with Crippen LogP contribution in [0, 0.1) is 0 Å². The van der Waals surface area contributed by atoms with Crippen LogP contribution in [-0.2, 0) is 10.3 Å². The molecule has 2 rings (SSSR count). The minimum Gasteiger partial charge on any atom is -0.481 e. The van der Waals surface area contributed by atoms with Gasteiger partial charge in [-0.25, -0.2) is 4.98 Å². The Morgan fingerprint density at radius 1 is 1.55 bits per heavy atom. The van der Waals surface area contributed by atoms with Crippen molar-refractivity contribution in [3.63, 3.8) is 0 Å². The highest BCUT2D eigenvalue weighted by atomic mass is 32.2. The van der Waals surface area contributed by atoms with Gasteiger partial charge in [-0.2, -0.15) is 13.2 Å². The molecule has 0 amide bonds. The molecule has 4 nitrogen and oxygen atoms in total. The Kier molecular flexibility index (Phi) is 3.79. The Labute approximate surface area is 118 Å². The molecule has 1 aliphatic carbocycles. The molecule has 1 heterocycles. The number of hydrogen-bond acceptors (Lipinski definition) is 3. The lowest BCUT2D eigenvalue weighted by molar-refractivity contribution is -0.182. The molecule has 0 saturated heterocycles. The van der Waals surface area contributed by atoms with Gasteiger partial charge < -0.3 is 9.67 Å². The Hall–Kier alpha value is -1.18. The molecular formula is C12H15F3N2O2S. The molecule has 1 aliphatic rings. The highest BCUT2D eigenvalue weighted by Gasteiger charge is 2.66. The van der Waals surface area contributed by atoms with Gasteiger partial charge in [-0.15, -0.1) is 0 Å². The molecule has 1 aromatic heterocycles. The van der Waals surface area contributed by atoms with Gasteiger partial charge in [0.25, 0.3) is 0 Å². The van der Waals surface area contributed by atoms with Crippen LogP contribution in [0.25, 0.3) is 0 Å². The van der Waals surface area contributed by atoms with Crippen LogP contribution in [0.15, 0.2) is 11.4 Å². The van der Waals surface area contributed by atoms with Crippen LogP contribution in [0.1, 0.15) is 38.3 Å². The second kappa shape index (κ2) is 4.98. The maximum atomic E-state index is 13.3. The molecule has 0 atom stereocenters. The number of carboxylic acid groups (broad SMARTS) is 1. The number of carbonyl (C=O) groups is 1. The van der Waals surface area contributed by atoms with Crippen LogP contribution < -0.4 is 0 Å². The zero-order valence-corrected chi connectivity index (χ0v) is 11.9. The monoisotopic (exact) mass is 308 g/mol. The van der Waals surface area contributed by atoms with Crippen molar-refractivity contribution >= 4 is 17.7 Å². The molecular weight excluding hydrogens is 293 g/mol. The third-order valence-corrected chi connectivity index (χ3v) is 4.29. The number of halogens is 3. The fraction of sp³-hybridized carbons (Fsp3) is 0.667. The van der Waals surface area contributed by atoms with Gasteiger partial charge in [0.1, 0.15) is 5.54 Å². The lowest BCUT2D eigenvalue weighted by atomic mass is 10.1. The first kappa shape index (κ1) is 15.2. The van der Waals surface area contributed by atoms with E-state index in [1.54, 1.807) is 13.8 Å². The second-order valence-corrected chi connectivity index (χ2v) is 6.11. The largest absolute Gasteiger partial charge is 0.481 e. The SMILES string of the molecule is CC(C)c1cnc(SCC(=O)O)n1C1(C(F)(F)F)CC1. The van der Waals surface area contributed by atoms with Crippen LogP contribution in [0.3, 0.4) is 0 Å². The van der Waals surface area contributed by atoms with Gasteiger partial charge in [0.15, 0.2) is 5.16 Å². The minimum atomic E-state index is -4.35. The molecule has 0 aliphatic heterocycles. The summed E-state index contributed by atoms with van der Waals surface area (Å²) >= 11 is 0.829. The van der Waals surface area contributed by atoms with Gasteiger partial charge in [0.2, 0.25) is 0 Å². The summed E-state index contributed by atoms with van der Waals surface area (Å²) in [6.07, 6.45) is -2.89. The first-order valence-corrected chi connectivity index (χ1v) is 7.17. The lowest BCUT2D eigenvalue weighted by Gasteiger charge is -2.26. The number of aromatic nitrogens is 2. The van der Waals surface area contributed by atoms with E-state index >= 15 is 0 Å². The standard InChI is InChI=1S/C12H15F3N2O2S/c1-7(2)8-5-16-10(20-6-9(18)19)17(8)11(3-4-11)12(13,14)15/h5,7H,3-4,6H2,1-2H3,(H,18,19). The number of imidazole rings is 1. The Bertz CT molecular complexity index is 521. The first-order valence-electron chi connectivity index (χ1n) is 6.18. The summed E-state index contributed by atoms with van der Waals surface area (Å²) in [5.41, 5.74) is -1.41. The quantitative estimate of drug-likeness (QED) is 0.849. The molecule has 0 unspecified atom stereocenters. The highest BCUT2D eigenvalue weighted by Crippen LogP contribution is 2.57. The van der Waals surface area contributed by atoms with E-state index in [0.29, 0.717) is 5.69 Å². The van der Waals surface area contributed by atoms with Crippen molar-refractivity contribution in [2.45, 2.75) is 49.5 Å². The molecule has 0 radical (unpaired) electrons.